The molecule has 0 spiro atoms. The van der Waals surface area contributed by atoms with E-state index in [1.807, 2.05) is 43.3 Å². The van der Waals surface area contributed by atoms with Crippen molar-refractivity contribution in [2.45, 2.75) is 33.1 Å². The maximum atomic E-state index is 11.5. The molecule has 0 aliphatic rings. The molecule has 3 nitrogen and oxygen atoms in total. The van der Waals surface area contributed by atoms with E-state index in [1.165, 1.54) is 0 Å². The predicted octanol–water partition coefficient (Wildman–Crippen LogP) is 3.67. The highest BCUT2D eigenvalue weighted by Crippen LogP contribution is 2.28. The van der Waals surface area contributed by atoms with Gasteiger partial charge in [0.1, 0.15) is 0 Å². The maximum absolute atomic E-state index is 11.5. The van der Waals surface area contributed by atoms with E-state index in [1.54, 1.807) is 6.92 Å². The third-order valence-electron chi connectivity index (χ3n) is 3.55. The summed E-state index contributed by atoms with van der Waals surface area (Å²) >= 11 is 0. The van der Waals surface area contributed by atoms with Crippen molar-refractivity contribution in [1.29, 1.82) is 0 Å². The summed E-state index contributed by atoms with van der Waals surface area (Å²) < 4.78 is 0. The summed E-state index contributed by atoms with van der Waals surface area (Å²) in [5.41, 5.74) is 1.03. The van der Waals surface area contributed by atoms with Crippen molar-refractivity contribution in [2.75, 3.05) is 0 Å². The van der Waals surface area contributed by atoms with E-state index >= 15 is 0 Å². The second-order valence-electron chi connectivity index (χ2n) is 5.29. The molecule has 0 aliphatic heterocycles. The Hall–Kier alpha value is -1.90. The van der Waals surface area contributed by atoms with Gasteiger partial charge in [0.05, 0.1) is 10.9 Å². The van der Waals surface area contributed by atoms with Crippen molar-refractivity contribution in [3.8, 4) is 0 Å². The standard InChI is InChI=1S/C16H19NO2/c1-3-10-16(2,15(18)19)11-13-9-8-12-6-4-5-7-14(12)17-13/h4-9H,3,10-11H2,1-2H3,(H,18,19). The fourth-order valence-corrected chi connectivity index (χ4v) is 2.43. The van der Waals surface area contributed by atoms with Gasteiger partial charge >= 0.3 is 5.97 Å². The van der Waals surface area contributed by atoms with Crippen LogP contribution in [-0.2, 0) is 11.2 Å². The quantitative estimate of drug-likeness (QED) is 0.889. The van der Waals surface area contributed by atoms with E-state index in [2.05, 4.69) is 4.98 Å². The van der Waals surface area contributed by atoms with Crippen molar-refractivity contribution in [3.05, 3.63) is 42.1 Å². The average Bonchev–Trinajstić information content (AvgIpc) is 2.38. The van der Waals surface area contributed by atoms with Gasteiger partial charge in [0, 0.05) is 17.5 Å². The molecule has 1 unspecified atom stereocenters. The normalized spacial score (nSPS) is 14.2. The van der Waals surface area contributed by atoms with Crippen LogP contribution in [0.15, 0.2) is 36.4 Å². The SMILES string of the molecule is CCCC(C)(Cc1ccc2ccccc2n1)C(=O)O. The number of carboxylic acid groups (broad SMARTS) is 1. The Balaban J connectivity index is 2.31. The molecule has 0 fully saturated rings. The first-order valence-electron chi connectivity index (χ1n) is 6.63. The summed E-state index contributed by atoms with van der Waals surface area (Å²) in [6.07, 6.45) is 1.99. The summed E-state index contributed by atoms with van der Waals surface area (Å²) in [4.78, 5) is 16.0. The summed E-state index contributed by atoms with van der Waals surface area (Å²) in [6.45, 7) is 3.81. The molecule has 0 amide bonds. The van der Waals surface area contributed by atoms with Gasteiger partial charge in [0.2, 0.25) is 0 Å². The van der Waals surface area contributed by atoms with Crippen LogP contribution >= 0.6 is 0 Å². The highest BCUT2D eigenvalue weighted by molar-refractivity contribution is 5.79. The van der Waals surface area contributed by atoms with Gasteiger partial charge in [-0.05, 0) is 25.5 Å². The van der Waals surface area contributed by atoms with Gasteiger partial charge in [-0.25, -0.2) is 0 Å². The molecule has 0 aliphatic carbocycles. The molecule has 100 valence electrons. The minimum absolute atomic E-state index is 0.473. The lowest BCUT2D eigenvalue weighted by Crippen LogP contribution is -2.30. The highest BCUT2D eigenvalue weighted by Gasteiger charge is 2.32. The Labute approximate surface area is 113 Å². The van der Waals surface area contributed by atoms with Crippen LogP contribution in [-0.4, -0.2) is 16.1 Å². The zero-order valence-corrected chi connectivity index (χ0v) is 11.4. The molecule has 19 heavy (non-hydrogen) atoms. The third kappa shape index (κ3) is 2.92. The molecule has 2 aromatic rings. The number of carbonyl (C=O) groups is 1. The Bertz CT molecular complexity index is 594. The fraction of sp³-hybridized carbons (Fsp3) is 0.375. The van der Waals surface area contributed by atoms with E-state index < -0.39 is 11.4 Å². The largest absolute Gasteiger partial charge is 0.481 e. The van der Waals surface area contributed by atoms with Gasteiger partial charge in [-0.2, -0.15) is 0 Å². The summed E-state index contributed by atoms with van der Waals surface area (Å²) in [7, 11) is 0. The van der Waals surface area contributed by atoms with Crippen molar-refractivity contribution in [3.63, 3.8) is 0 Å². The van der Waals surface area contributed by atoms with Gasteiger partial charge < -0.3 is 5.11 Å². The minimum atomic E-state index is -0.746. The van der Waals surface area contributed by atoms with Crippen LogP contribution in [0.25, 0.3) is 10.9 Å². The van der Waals surface area contributed by atoms with Crippen LogP contribution in [0.5, 0.6) is 0 Å². The van der Waals surface area contributed by atoms with Gasteiger partial charge in [0.25, 0.3) is 0 Å². The molecule has 0 saturated heterocycles. The molecule has 0 radical (unpaired) electrons. The molecule has 1 N–H and O–H groups in total. The molecular weight excluding hydrogens is 238 g/mol. The summed E-state index contributed by atoms with van der Waals surface area (Å²) in [5, 5.41) is 10.5. The van der Waals surface area contributed by atoms with Crippen LogP contribution in [0, 0.1) is 5.41 Å². The van der Waals surface area contributed by atoms with Crippen molar-refractivity contribution >= 4 is 16.9 Å². The monoisotopic (exact) mass is 257 g/mol. The number of para-hydroxylation sites is 1. The number of aliphatic carboxylic acids is 1. The van der Waals surface area contributed by atoms with Crippen LogP contribution in [0.4, 0.5) is 0 Å². The average molecular weight is 257 g/mol. The number of fused-ring (bicyclic) bond motifs is 1. The van der Waals surface area contributed by atoms with Crippen LogP contribution in [0.2, 0.25) is 0 Å². The van der Waals surface area contributed by atoms with Crippen LogP contribution < -0.4 is 0 Å². The number of hydrogen-bond acceptors (Lipinski definition) is 2. The Morgan fingerprint density at radius 2 is 2.00 bits per heavy atom. The number of carboxylic acids is 1. The molecule has 3 heteroatoms. The smallest absolute Gasteiger partial charge is 0.309 e. The second-order valence-corrected chi connectivity index (χ2v) is 5.29. The lowest BCUT2D eigenvalue weighted by atomic mass is 9.81. The van der Waals surface area contributed by atoms with Crippen molar-refractivity contribution in [1.82, 2.24) is 4.98 Å². The maximum Gasteiger partial charge on any atom is 0.309 e. The van der Waals surface area contributed by atoms with Gasteiger partial charge in [0.15, 0.2) is 0 Å². The van der Waals surface area contributed by atoms with Crippen molar-refractivity contribution < 1.29 is 9.90 Å². The molecule has 1 aromatic carbocycles. The van der Waals surface area contributed by atoms with Gasteiger partial charge in [-0.1, -0.05) is 37.6 Å². The van der Waals surface area contributed by atoms with Gasteiger partial charge in [-0.3, -0.25) is 9.78 Å². The van der Waals surface area contributed by atoms with Crippen LogP contribution in [0.1, 0.15) is 32.4 Å². The number of pyridine rings is 1. The number of nitrogens with zero attached hydrogens (tertiary/aromatic N) is 1. The molecule has 2 rings (SSSR count). The number of aromatic nitrogens is 1. The molecule has 1 aromatic heterocycles. The Morgan fingerprint density at radius 1 is 1.26 bits per heavy atom. The first-order valence-corrected chi connectivity index (χ1v) is 6.63. The predicted molar refractivity (Wildman–Crippen MR) is 76.1 cm³/mol. The Morgan fingerprint density at radius 3 is 2.68 bits per heavy atom. The second kappa shape index (κ2) is 5.39. The lowest BCUT2D eigenvalue weighted by molar-refractivity contribution is -0.148. The van der Waals surface area contributed by atoms with Crippen LogP contribution in [0.3, 0.4) is 0 Å². The molecule has 0 saturated carbocycles. The Kier molecular flexibility index (Phi) is 3.84. The topological polar surface area (TPSA) is 50.2 Å². The first kappa shape index (κ1) is 13.5. The van der Waals surface area contributed by atoms with E-state index in [0.29, 0.717) is 12.8 Å². The third-order valence-corrected chi connectivity index (χ3v) is 3.55. The first-order chi connectivity index (χ1) is 9.05. The van der Waals surface area contributed by atoms with E-state index in [9.17, 15) is 9.90 Å². The fourth-order valence-electron chi connectivity index (χ4n) is 2.43. The van der Waals surface area contributed by atoms with Gasteiger partial charge in [-0.15, -0.1) is 0 Å². The molecule has 1 heterocycles. The zero-order valence-electron chi connectivity index (χ0n) is 11.4. The lowest BCUT2D eigenvalue weighted by Gasteiger charge is -2.23. The summed E-state index contributed by atoms with van der Waals surface area (Å²) in [6, 6.07) is 11.8. The van der Waals surface area contributed by atoms with E-state index in [0.717, 1.165) is 23.0 Å². The van der Waals surface area contributed by atoms with E-state index in [-0.39, 0.29) is 0 Å². The highest BCUT2D eigenvalue weighted by atomic mass is 16.4. The number of rotatable bonds is 5. The van der Waals surface area contributed by atoms with E-state index in [4.69, 9.17) is 0 Å². The minimum Gasteiger partial charge on any atom is -0.481 e. The molecule has 1 atom stereocenters. The van der Waals surface area contributed by atoms with Crippen molar-refractivity contribution in [2.24, 2.45) is 5.41 Å². The molecule has 0 bridgehead atoms. The summed E-state index contributed by atoms with van der Waals surface area (Å²) in [5.74, 6) is -0.746. The molecular formula is C16H19NO2. The number of hydrogen-bond donors (Lipinski definition) is 1. The number of benzene rings is 1. The zero-order chi connectivity index (χ0) is 13.9.